The second-order valence-corrected chi connectivity index (χ2v) is 3.67. The number of carbonyl (C=O) groups excluding carboxylic acids is 1. The molecule has 1 aromatic carbocycles. The summed E-state index contributed by atoms with van der Waals surface area (Å²) in [6, 6.07) is 2.50. The van der Waals surface area contributed by atoms with Crippen LogP contribution in [0.4, 0.5) is 5.69 Å². The van der Waals surface area contributed by atoms with Crippen molar-refractivity contribution in [3.8, 4) is 5.75 Å². The maximum Gasteiger partial charge on any atom is 0.325 e. The molecule has 0 saturated carbocycles. The van der Waals surface area contributed by atoms with Crippen molar-refractivity contribution in [3.05, 3.63) is 33.9 Å². The first-order valence-electron chi connectivity index (χ1n) is 5.23. The highest BCUT2D eigenvalue weighted by Crippen LogP contribution is 2.23. The summed E-state index contributed by atoms with van der Waals surface area (Å²) >= 11 is 0. The molecular formula is C11H12N2O6. The number of benzene rings is 1. The number of ether oxygens (including phenoxy) is 1. The first-order valence-corrected chi connectivity index (χ1v) is 5.23. The predicted molar refractivity (Wildman–Crippen MR) is 64.2 cm³/mol. The van der Waals surface area contributed by atoms with Crippen molar-refractivity contribution in [2.45, 2.75) is 13.0 Å². The highest BCUT2D eigenvalue weighted by atomic mass is 16.6. The zero-order valence-corrected chi connectivity index (χ0v) is 10.2. The normalized spacial score (nSPS) is 11.5. The van der Waals surface area contributed by atoms with Crippen LogP contribution in [0.1, 0.15) is 17.3 Å². The molecule has 1 rings (SSSR count). The highest BCUT2D eigenvalue weighted by molar-refractivity contribution is 6.00. The molecule has 0 spiro atoms. The van der Waals surface area contributed by atoms with Gasteiger partial charge in [0.1, 0.15) is 17.4 Å². The molecule has 1 amide bonds. The van der Waals surface area contributed by atoms with Gasteiger partial charge in [-0.3, -0.25) is 19.7 Å². The molecule has 0 aliphatic rings. The average Bonchev–Trinajstić information content (AvgIpc) is 2.37. The zero-order chi connectivity index (χ0) is 14.6. The number of hydrogen-bond acceptors (Lipinski definition) is 5. The Morgan fingerprint density at radius 1 is 1.47 bits per heavy atom. The molecule has 0 aromatic heterocycles. The van der Waals surface area contributed by atoms with E-state index in [-0.39, 0.29) is 11.3 Å². The van der Waals surface area contributed by atoms with E-state index >= 15 is 0 Å². The molecule has 0 aliphatic carbocycles. The van der Waals surface area contributed by atoms with Gasteiger partial charge in [-0.2, -0.15) is 0 Å². The number of nitrogens with one attached hydrogen (secondary N) is 1. The number of methoxy groups -OCH3 is 1. The van der Waals surface area contributed by atoms with Crippen LogP contribution in [0, 0.1) is 10.1 Å². The Bertz CT molecular complexity index is 528. The fourth-order valence-corrected chi connectivity index (χ4v) is 1.32. The smallest absolute Gasteiger partial charge is 0.325 e. The molecule has 8 nitrogen and oxygen atoms in total. The molecule has 0 saturated heterocycles. The Labute approximate surface area is 108 Å². The summed E-state index contributed by atoms with van der Waals surface area (Å²) in [7, 11) is 1.35. The number of carbonyl (C=O) groups is 2. The third kappa shape index (κ3) is 3.41. The average molecular weight is 268 g/mol. The first kappa shape index (κ1) is 14.4. The predicted octanol–water partition coefficient (Wildman–Crippen LogP) is 0.806. The van der Waals surface area contributed by atoms with E-state index in [0.29, 0.717) is 0 Å². The van der Waals surface area contributed by atoms with E-state index in [4.69, 9.17) is 9.84 Å². The third-order valence-electron chi connectivity index (χ3n) is 2.36. The number of hydrogen-bond donors (Lipinski definition) is 2. The van der Waals surface area contributed by atoms with Crippen molar-refractivity contribution in [2.75, 3.05) is 7.11 Å². The summed E-state index contributed by atoms with van der Waals surface area (Å²) in [6.45, 7) is 1.26. The van der Waals surface area contributed by atoms with E-state index in [1.807, 2.05) is 0 Å². The summed E-state index contributed by atoms with van der Waals surface area (Å²) in [5.74, 6) is -1.82. The van der Waals surface area contributed by atoms with Crippen molar-refractivity contribution in [3.63, 3.8) is 0 Å². The van der Waals surface area contributed by atoms with Crippen LogP contribution in [0.5, 0.6) is 5.75 Å². The van der Waals surface area contributed by atoms with Gasteiger partial charge in [0.05, 0.1) is 12.0 Å². The van der Waals surface area contributed by atoms with Crippen LogP contribution in [-0.4, -0.2) is 35.1 Å². The van der Waals surface area contributed by atoms with Crippen molar-refractivity contribution in [1.29, 1.82) is 0 Å². The van der Waals surface area contributed by atoms with Gasteiger partial charge in [0, 0.05) is 6.07 Å². The van der Waals surface area contributed by atoms with Gasteiger partial charge in [-0.1, -0.05) is 0 Å². The van der Waals surface area contributed by atoms with Crippen LogP contribution in [0.15, 0.2) is 18.2 Å². The van der Waals surface area contributed by atoms with Gasteiger partial charge in [-0.15, -0.1) is 0 Å². The fourth-order valence-electron chi connectivity index (χ4n) is 1.32. The zero-order valence-electron chi connectivity index (χ0n) is 10.2. The highest BCUT2D eigenvalue weighted by Gasteiger charge is 2.23. The third-order valence-corrected chi connectivity index (χ3v) is 2.36. The van der Waals surface area contributed by atoms with E-state index in [1.54, 1.807) is 0 Å². The maximum atomic E-state index is 11.8. The molecule has 0 radical (unpaired) electrons. The Balaban J connectivity index is 3.12. The molecular weight excluding hydrogens is 256 g/mol. The number of amides is 1. The van der Waals surface area contributed by atoms with Crippen molar-refractivity contribution in [2.24, 2.45) is 0 Å². The SMILES string of the molecule is COc1ccc([N+](=O)[O-])c(C(=O)N[C@@H](C)C(=O)O)c1. The van der Waals surface area contributed by atoms with Crippen LogP contribution < -0.4 is 10.1 Å². The van der Waals surface area contributed by atoms with Gasteiger partial charge in [0.2, 0.25) is 0 Å². The van der Waals surface area contributed by atoms with Gasteiger partial charge in [0.25, 0.3) is 11.6 Å². The maximum absolute atomic E-state index is 11.8. The fraction of sp³-hybridized carbons (Fsp3) is 0.273. The van der Waals surface area contributed by atoms with Gasteiger partial charge >= 0.3 is 5.97 Å². The van der Waals surface area contributed by atoms with Gasteiger partial charge in [-0.25, -0.2) is 0 Å². The van der Waals surface area contributed by atoms with Crippen molar-refractivity contribution in [1.82, 2.24) is 5.32 Å². The standard InChI is InChI=1S/C11H12N2O6/c1-6(11(15)16)12-10(14)8-5-7(19-2)3-4-9(8)13(17)18/h3-6H,1-2H3,(H,12,14)(H,15,16)/t6-/m0/s1. The second-order valence-electron chi connectivity index (χ2n) is 3.67. The van der Waals surface area contributed by atoms with Crippen LogP contribution in [0.3, 0.4) is 0 Å². The van der Waals surface area contributed by atoms with Gasteiger partial charge in [-0.05, 0) is 19.1 Å². The van der Waals surface area contributed by atoms with E-state index < -0.39 is 28.5 Å². The second kappa shape index (κ2) is 5.80. The molecule has 0 heterocycles. The number of carboxylic acids is 1. The largest absolute Gasteiger partial charge is 0.497 e. The lowest BCUT2D eigenvalue weighted by Crippen LogP contribution is -2.38. The summed E-state index contributed by atoms with van der Waals surface area (Å²) in [4.78, 5) is 32.5. The Morgan fingerprint density at radius 3 is 2.58 bits per heavy atom. The Morgan fingerprint density at radius 2 is 2.11 bits per heavy atom. The number of nitrogens with zero attached hydrogens (tertiary/aromatic N) is 1. The van der Waals surface area contributed by atoms with E-state index in [0.717, 1.165) is 6.07 Å². The Hall–Kier alpha value is -2.64. The number of carboxylic acid groups (broad SMARTS) is 1. The molecule has 19 heavy (non-hydrogen) atoms. The summed E-state index contributed by atoms with van der Waals surface area (Å²) in [5.41, 5.74) is -0.673. The van der Waals surface area contributed by atoms with Crippen LogP contribution >= 0.6 is 0 Å². The van der Waals surface area contributed by atoms with Crippen molar-refractivity contribution >= 4 is 17.6 Å². The molecule has 1 aromatic rings. The molecule has 0 aliphatic heterocycles. The lowest BCUT2D eigenvalue weighted by atomic mass is 10.1. The summed E-state index contributed by atoms with van der Waals surface area (Å²) in [5, 5.41) is 21.6. The molecule has 0 unspecified atom stereocenters. The molecule has 8 heteroatoms. The summed E-state index contributed by atoms with van der Waals surface area (Å²) < 4.78 is 4.87. The van der Waals surface area contributed by atoms with E-state index in [9.17, 15) is 19.7 Å². The number of nitro benzene ring substituents is 1. The minimum atomic E-state index is -1.24. The number of rotatable bonds is 5. The lowest BCUT2D eigenvalue weighted by molar-refractivity contribution is -0.385. The monoisotopic (exact) mass is 268 g/mol. The topological polar surface area (TPSA) is 119 Å². The van der Waals surface area contributed by atoms with Crippen LogP contribution in [0.2, 0.25) is 0 Å². The molecule has 0 fully saturated rings. The van der Waals surface area contributed by atoms with Crippen LogP contribution in [0.25, 0.3) is 0 Å². The molecule has 102 valence electrons. The molecule has 2 N–H and O–H groups in total. The quantitative estimate of drug-likeness (QED) is 0.602. The van der Waals surface area contributed by atoms with Crippen molar-refractivity contribution < 1.29 is 24.4 Å². The minimum Gasteiger partial charge on any atom is -0.497 e. The van der Waals surface area contributed by atoms with Gasteiger partial charge in [0.15, 0.2) is 0 Å². The Kier molecular flexibility index (Phi) is 4.41. The lowest BCUT2D eigenvalue weighted by Gasteiger charge is -2.10. The minimum absolute atomic E-state index is 0.252. The summed E-state index contributed by atoms with van der Waals surface area (Å²) in [6.07, 6.45) is 0. The molecule has 1 atom stereocenters. The number of nitro groups is 1. The van der Waals surface area contributed by atoms with Crippen LogP contribution in [-0.2, 0) is 4.79 Å². The van der Waals surface area contributed by atoms with E-state index in [2.05, 4.69) is 5.32 Å². The number of aliphatic carboxylic acids is 1. The first-order chi connectivity index (χ1) is 8.86. The van der Waals surface area contributed by atoms with E-state index in [1.165, 1.54) is 26.2 Å². The molecule has 0 bridgehead atoms. The van der Waals surface area contributed by atoms with Gasteiger partial charge < -0.3 is 15.2 Å².